The van der Waals surface area contributed by atoms with Crippen molar-refractivity contribution in [2.75, 3.05) is 20.3 Å². The summed E-state index contributed by atoms with van der Waals surface area (Å²) in [6.07, 6.45) is -4.56. The third kappa shape index (κ3) is 5.36. The highest BCUT2D eigenvalue weighted by Crippen LogP contribution is 2.13. The zero-order valence-corrected chi connectivity index (χ0v) is 10.4. The molecule has 0 saturated heterocycles. The van der Waals surface area contributed by atoms with Gasteiger partial charge in [-0.25, -0.2) is 10.2 Å². The van der Waals surface area contributed by atoms with Crippen LogP contribution in [-0.2, 0) is 16.1 Å². The monoisotopic (exact) mass is 295 g/mol. The molecule has 0 fully saturated rings. The topological polar surface area (TPSA) is 82.5 Å². The summed E-state index contributed by atoms with van der Waals surface area (Å²) < 4.78 is 41.2. The van der Waals surface area contributed by atoms with Crippen LogP contribution in [0.4, 0.5) is 13.2 Å². The molecule has 0 saturated carbocycles. The van der Waals surface area contributed by atoms with Crippen LogP contribution >= 0.6 is 0 Å². The van der Waals surface area contributed by atoms with Gasteiger partial charge in [0.1, 0.15) is 0 Å². The maximum absolute atomic E-state index is 11.8. The van der Waals surface area contributed by atoms with Crippen molar-refractivity contribution in [3.63, 3.8) is 0 Å². The minimum atomic E-state index is -4.56. The standard InChI is InChI=1S/C10H12F3N3O4/c1-19-5-4-16-8(17)3-2-7(14-16)9(18)15-20-6-10(11,12)13/h2-3H,4-6H2,1H3,(H,15,18). The van der Waals surface area contributed by atoms with Gasteiger partial charge in [-0.1, -0.05) is 0 Å². The van der Waals surface area contributed by atoms with Crippen LogP contribution in [-0.4, -0.2) is 42.2 Å². The predicted molar refractivity (Wildman–Crippen MR) is 59.8 cm³/mol. The Morgan fingerprint density at radius 3 is 2.75 bits per heavy atom. The van der Waals surface area contributed by atoms with E-state index >= 15 is 0 Å². The summed E-state index contributed by atoms with van der Waals surface area (Å²) in [6, 6.07) is 2.15. The molecule has 1 aromatic rings. The first kappa shape index (κ1) is 16.1. The zero-order valence-electron chi connectivity index (χ0n) is 10.4. The van der Waals surface area contributed by atoms with E-state index in [-0.39, 0.29) is 18.8 Å². The van der Waals surface area contributed by atoms with Crippen LogP contribution in [0.2, 0.25) is 0 Å². The lowest BCUT2D eigenvalue weighted by molar-refractivity contribution is -0.184. The number of hydroxylamine groups is 1. The third-order valence-electron chi connectivity index (χ3n) is 2.01. The van der Waals surface area contributed by atoms with Crippen LogP contribution < -0.4 is 11.0 Å². The summed E-state index contributed by atoms with van der Waals surface area (Å²) in [5, 5.41) is 3.68. The maximum Gasteiger partial charge on any atom is 0.414 e. The van der Waals surface area contributed by atoms with Crippen molar-refractivity contribution < 1.29 is 27.5 Å². The number of ether oxygens (including phenoxy) is 1. The van der Waals surface area contributed by atoms with Crippen molar-refractivity contribution in [3.8, 4) is 0 Å². The number of hydrogen-bond acceptors (Lipinski definition) is 5. The summed E-state index contributed by atoms with van der Waals surface area (Å²) in [5.74, 6) is -0.986. The van der Waals surface area contributed by atoms with E-state index in [1.54, 1.807) is 5.48 Å². The molecule has 0 aliphatic carbocycles. The number of carbonyl (C=O) groups excluding carboxylic acids is 1. The molecule has 1 N–H and O–H groups in total. The highest BCUT2D eigenvalue weighted by atomic mass is 19.4. The van der Waals surface area contributed by atoms with Crippen molar-refractivity contribution in [2.45, 2.75) is 12.7 Å². The minimum Gasteiger partial charge on any atom is -0.383 e. The molecule has 0 radical (unpaired) electrons. The summed E-state index contributed by atoms with van der Waals surface area (Å²) in [5.41, 5.74) is 0.880. The Kier molecular flexibility index (Phi) is 5.65. The summed E-state index contributed by atoms with van der Waals surface area (Å²) in [7, 11) is 1.42. The Morgan fingerprint density at radius 1 is 1.45 bits per heavy atom. The number of rotatable bonds is 6. The van der Waals surface area contributed by atoms with Crippen molar-refractivity contribution in [1.29, 1.82) is 0 Å². The second kappa shape index (κ2) is 7.01. The highest BCUT2D eigenvalue weighted by molar-refractivity contribution is 5.91. The molecular formula is C10H12F3N3O4. The molecule has 0 aliphatic heterocycles. The first-order valence-electron chi connectivity index (χ1n) is 5.39. The summed E-state index contributed by atoms with van der Waals surface area (Å²) in [4.78, 5) is 26.8. The lowest BCUT2D eigenvalue weighted by Gasteiger charge is -2.09. The van der Waals surface area contributed by atoms with Gasteiger partial charge >= 0.3 is 6.18 Å². The lowest BCUT2D eigenvalue weighted by Crippen LogP contribution is -2.32. The van der Waals surface area contributed by atoms with Gasteiger partial charge < -0.3 is 4.74 Å². The van der Waals surface area contributed by atoms with E-state index in [0.29, 0.717) is 0 Å². The number of carbonyl (C=O) groups is 1. The number of nitrogens with one attached hydrogen (secondary N) is 1. The molecule has 1 rings (SSSR count). The van der Waals surface area contributed by atoms with E-state index in [0.717, 1.165) is 16.8 Å². The Hall–Kier alpha value is -1.94. The molecule has 1 amide bonds. The maximum atomic E-state index is 11.8. The molecule has 0 bridgehead atoms. The molecule has 0 unspecified atom stereocenters. The number of hydrogen-bond donors (Lipinski definition) is 1. The minimum absolute atomic E-state index is 0.111. The van der Waals surface area contributed by atoms with Gasteiger partial charge in [-0.05, 0) is 6.07 Å². The van der Waals surface area contributed by atoms with Crippen molar-refractivity contribution in [3.05, 3.63) is 28.2 Å². The molecule has 1 aromatic heterocycles. The molecule has 1 heterocycles. The Balaban J connectivity index is 2.66. The van der Waals surface area contributed by atoms with E-state index in [4.69, 9.17) is 4.74 Å². The molecule has 112 valence electrons. The van der Waals surface area contributed by atoms with Gasteiger partial charge in [-0.2, -0.15) is 18.3 Å². The smallest absolute Gasteiger partial charge is 0.383 e. The van der Waals surface area contributed by atoms with Gasteiger partial charge in [0.15, 0.2) is 12.3 Å². The quantitative estimate of drug-likeness (QED) is 0.753. The predicted octanol–water partition coefficient (Wildman–Crippen LogP) is 0.113. The van der Waals surface area contributed by atoms with Crippen LogP contribution in [0.5, 0.6) is 0 Å². The molecule has 20 heavy (non-hydrogen) atoms. The summed E-state index contributed by atoms with van der Waals surface area (Å²) >= 11 is 0. The Morgan fingerprint density at radius 2 is 2.15 bits per heavy atom. The van der Waals surface area contributed by atoms with Gasteiger partial charge in [0, 0.05) is 13.2 Å². The lowest BCUT2D eigenvalue weighted by atomic mass is 10.4. The van der Waals surface area contributed by atoms with E-state index in [1.807, 2.05) is 0 Å². The van der Waals surface area contributed by atoms with E-state index < -0.39 is 24.2 Å². The first-order valence-corrected chi connectivity index (χ1v) is 5.39. The largest absolute Gasteiger partial charge is 0.414 e. The van der Waals surface area contributed by atoms with E-state index in [2.05, 4.69) is 9.94 Å². The van der Waals surface area contributed by atoms with Crippen LogP contribution in [0.3, 0.4) is 0 Å². The molecular weight excluding hydrogens is 283 g/mol. The summed E-state index contributed by atoms with van der Waals surface area (Å²) in [6.45, 7) is -1.32. The van der Waals surface area contributed by atoms with E-state index in [1.165, 1.54) is 7.11 Å². The molecule has 0 atom stereocenters. The van der Waals surface area contributed by atoms with Gasteiger partial charge in [-0.3, -0.25) is 14.4 Å². The number of halogens is 3. The van der Waals surface area contributed by atoms with Crippen LogP contribution in [0.25, 0.3) is 0 Å². The number of alkyl halides is 3. The van der Waals surface area contributed by atoms with Crippen LogP contribution in [0, 0.1) is 0 Å². The van der Waals surface area contributed by atoms with Crippen molar-refractivity contribution in [1.82, 2.24) is 15.3 Å². The Labute approximate surface area is 111 Å². The number of aromatic nitrogens is 2. The average Bonchev–Trinajstić information content (AvgIpc) is 2.36. The molecule has 0 aromatic carbocycles. The van der Waals surface area contributed by atoms with Gasteiger partial charge in [0.25, 0.3) is 11.5 Å². The van der Waals surface area contributed by atoms with Gasteiger partial charge in [-0.15, -0.1) is 0 Å². The fourth-order valence-corrected chi connectivity index (χ4v) is 1.14. The van der Waals surface area contributed by atoms with Crippen LogP contribution in [0.1, 0.15) is 10.5 Å². The van der Waals surface area contributed by atoms with Crippen molar-refractivity contribution >= 4 is 5.91 Å². The molecule has 7 nitrogen and oxygen atoms in total. The molecule has 10 heteroatoms. The number of methoxy groups -OCH3 is 1. The van der Waals surface area contributed by atoms with Crippen LogP contribution in [0.15, 0.2) is 16.9 Å². The second-order valence-electron chi connectivity index (χ2n) is 3.61. The molecule has 0 spiro atoms. The SMILES string of the molecule is COCCn1nc(C(=O)NOCC(F)(F)F)ccc1=O. The fraction of sp³-hybridized carbons (Fsp3) is 0.500. The number of nitrogens with zero attached hydrogens (tertiary/aromatic N) is 2. The molecule has 0 aliphatic rings. The fourth-order valence-electron chi connectivity index (χ4n) is 1.14. The normalized spacial score (nSPS) is 11.4. The zero-order chi connectivity index (χ0) is 15.2. The highest BCUT2D eigenvalue weighted by Gasteiger charge is 2.28. The van der Waals surface area contributed by atoms with Gasteiger partial charge in [0.2, 0.25) is 0 Å². The van der Waals surface area contributed by atoms with E-state index in [9.17, 15) is 22.8 Å². The average molecular weight is 295 g/mol. The second-order valence-corrected chi connectivity index (χ2v) is 3.61. The number of amides is 1. The first-order chi connectivity index (χ1) is 9.33. The van der Waals surface area contributed by atoms with Gasteiger partial charge in [0.05, 0.1) is 13.2 Å². The Bertz CT molecular complexity index is 515. The van der Waals surface area contributed by atoms with Crippen molar-refractivity contribution in [2.24, 2.45) is 0 Å². The third-order valence-corrected chi connectivity index (χ3v) is 2.01.